The SMILES string of the molecule is COc1cc(C=C2C(=O)ON=C2c2ccccc2)ccc1OCc1ccc(Cl)c(Cl)c1. The summed E-state index contributed by atoms with van der Waals surface area (Å²) in [6, 6.07) is 20.1. The van der Waals surface area contributed by atoms with Crippen molar-refractivity contribution >= 4 is 41.0 Å². The van der Waals surface area contributed by atoms with Gasteiger partial charge in [0.15, 0.2) is 11.5 Å². The van der Waals surface area contributed by atoms with E-state index in [2.05, 4.69) is 5.16 Å². The summed E-state index contributed by atoms with van der Waals surface area (Å²) >= 11 is 12.0. The van der Waals surface area contributed by atoms with Crippen LogP contribution in [0.15, 0.2) is 77.5 Å². The first-order chi connectivity index (χ1) is 15.0. The summed E-state index contributed by atoms with van der Waals surface area (Å²) in [6.07, 6.45) is 1.71. The first-order valence-corrected chi connectivity index (χ1v) is 10.1. The summed E-state index contributed by atoms with van der Waals surface area (Å²) < 4.78 is 11.4. The zero-order chi connectivity index (χ0) is 21.8. The number of halogens is 2. The molecule has 1 heterocycles. The van der Waals surface area contributed by atoms with Gasteiger partial charge in [0.1, 0.15) is 12.3 Å². The Morgan fingerprint density at radius 3 is 2.52 bits per heavy atom. The number of carbonyl (C=O) groups is 1. The monoisotopic (exact) mass is 453 g/mol. The molecule has 0 radical (unpaired) electrons. The normalized spacial score (nSPS) is 14.4. The minimum atomic E-state index is -0.502. The predicted molar refractivity (Wildman–Crippen MR) is 121 cm³/mol. The Morgan fingerprint density at radius 1 is 0.968 bits per heavy atom. The molecule has 0 saturated heterocycles. The molecule has 3 aromatic rings. The minimum Gasteiger partial charge on any atom is -0.493 e. The highest BCUT2D eigenvalue weighted by Crippen LogP contribution is 2.31. The maximum atomic E-state index is 12.2. The van der Waals surface area contributed by atoms with E-state index in [1.165, 1.54) is 0 Å². The van der Waals surface area contributed by atoms with Gasteiger partial charge in [0.25, 0.3) is 0 Å². The molecule has 0 aromatic heterocycles. The molecule has 1 aliphatic rings. The van der Waals surface area contributed by atoms with E-state index in [0.717, 1.165) is 16.7 Å². The van der Waals surface area contributed by atoms with Crippen LogP contribution in [0.4, 0.5) is 0 Å². The van der Waals surface area contributed by atoms with Gasteiger partial charge in [0, 0.05) is 5.56 Å². The number of carbonyl (C=O) groups excluding carboxylic acids is 1. The summed E-state index contributed by atoms with van der Waals surface area (Å²) in [6.45, 7) is 0.296. The summed E-state index contributed by atoms with van der Waals surface area (Å²) in [4.78, 5) is 17.1. The van der Waals surface area contributed by atoms with Crippen LogP contribution >= 0.6 is 23.2 Å². The van der Waals surface area contributed by atoms with Crippen LogP contribution in [0.2, 0.25) is 10.0 Å². The smallest absolute Gasteiger partial charge is 0.368 e. The molecule has 0 bridgehead atoms. The fraction of sp³-hybridized carbons (Fsp3) is 0.0833. The molecule has 0 saturated carbocycles. The number of hydrogen-bond acceptors (Lipinski definition) is 5. The zero-order valence-corrected chi connectivity index (χ0v) is 18.0. The standard InChI is InChI=1S/C24H17Cl2NO4/c1-29-22-13-15(8-10-21(22)30-14-16-7-9-19(25)20(26)12-16)11-18-23(27-31-24(18)28)17-5-3-2-4-6-17/h2-13H,14H2,1H3. The molecule has 0 amide bonds. The van der Waals surface area contributed by atoms with Gasteiger partial charge in [-0.15, -0.1) is 0 Å². The minimum absolute atomic E-state index is 0.296. The molecule has 0 spiro atoms. The molecule has 5 nitrogen and oxygen atoms in total. The van der Waals surface area contributed by atoms with E-state index in [9.17, 15) is 4.79 Å². The van der Waals surface area contributed by atoms with Crippen LogP contribution in [-0.2, 0) is 16.2 Å². The number of benzene rings is 3. The highest BCUT2D eigenvalue weighted by atomic mass is 35.5. The van der Waals surface area contributed by atoms with Crippen molar-refractivity contribution in [1.82, 2.24) is 0 Å². The van der Waals surface area contributed by atoms with Gasteiger partial charge in [-0.1, -0.05) is 70.8 Å². The van der Waals surface area contributed by atoms with E-state index in [1.54, 1.807) is 37.5 Å². The van der Waals surface area contributed by atoms with E-state index in [1.807, 2.05) is 42.5 Å². The number of rotatable bonds is 6. The molecule has 7 heteroatoms. The first-order valence-electron chi connectivity index (χ1n) is 9.37. The van der Waals surface area contributed by atoms with E-state index in [0.29, 0.717) is 39.4 Å². The highest BCUT2D eigenvalue weighted by molar-refractivity contribution is 6.42. The van der Waals surface area contributed by atoms with Crippen molar-refractivity contribution in [2.24, 2.45) is 5.16 Å². The second-order valence-electron chi connectivity index (χ2n) is 6.69. The lowest BCUT2D eigenvalue weighted by molar-refractivity contribution is -0.136. The molecular weight excluding hydrogens is 437 g/mol. The van der Waals surface area contributed by atoms with Gasteiger partial charge in [-0.3, -0.25) is 0 Å². The zero-order valence-electron chi connectivity index (χ0n) is 16.5. The summed E-state index contributed by atoms with van der Waals surface area (Å²) in [5.41, 5.74) is 3.28. The maximum absolute atomic E-state index is 12.2. The number of methoxy groups -OCH3 is 1. The van der Waals surface area contributed by atoms with Crippen LogP contribution in [0, 0.1) is 0 Å². The molecule has 156 valence electrons. The van der Waals surface area contributed by atoms with Gasteiger partial charge in [-0.25, -0.2) is 4.79 Å². The number of ether oxygens (including phenoxy) is 2. The van der Waals surface area contributed by atoms with Crippen LogP contribution in [0.5, 0.6) is 11.5 Å². The molecule has 0 unspecified atom stereocenters. The summed E-state index contributed by atoms with van der Waals surface area (Å²) in [7, 11) is 1.55. The Bertz CT molecular complexity index is 1190. The summed E-state index contributed by atoms with van der Waals surface area (Å²) in [5, 5.41) is 4.88. The Labute approximate surface area is 189 Å². The second-order valence-corrected chi connectivity index (χ2v) is 7.50. The first kappa shape index (κ1) is 21.0. The van der Waals surface area contributed by atoms with Crippen molar-refractivity contribution in [3.05, 3.63) is 99.0 Å². The van der Waals surface area contributed by atoms with Gasteiger partial charge < -0.3 is 14.3 Å². The Morgan fingerprint density at radius 2 is 1.77 bits per heavy atom. The molecule has 0 N–H and O–H groups in total. The molecule has 31 heavy (non-hydrogen) atoms. The molecule has 0 fully saturated rings. The average Bonchev–Trinajstić information content (AvgIpc) is 3.15. The third kappa shape index (κ3) is 4.74. The van der Waals surface area contributed by atoms with Crippen LogP contribution in [0.1, 0.15) is 16.7 Å². The van der Waals surface area contributed by atoms with Crippen LogP contribution in [0.25, 0.3) is 6.08 Å². The quantitative estimate of drug-likeness (QED) is 0.343. The van der Waals surface area contributed by atoms with Crippen LogP contribution < -0.4 is 9.47 Å². The molecule has 4 rings (SSSR count). The van der Waals surface area contributed by atoms with Crippen molar-refractivity contribution < 1.29 is 19.1 Å². The van der Waals surface area contributed by atoms with Gasteiger partial charge in [-0.2, -0.15) is 0 Å². The van der Waals surface area contributed by atoms with E-state index >= 15 is 0 Å². The van der Waals surface area contributed by atoms with Gasteiger partial charge in [0.05, 0.1) is 22.7 Å². The van der Waals surface area contributed by atoms with Crippen molar-refractivity contribution in [1.29, 1.82) is 0 Å². The van der Waals surface area contributed by atoms with Crippen molar-refractivity contribution in [2.75, 3.05) is 7.11 Å². The summed E-state index contributed by atoms with van der Waals surface area (Å²) in [5.74, 6) is 0.582. The molecule has 3 aromatic carbocycles. The molecule has 0 atom stereocenters. The fourth-order valence-corrected chi connectivity index (χ4v) is 3.38. The molecular formula is C24H17Cl2NO4. The lowest BCUT2D eigenvalue weighted by atomic mass is 10.0. The molecule has 1 aliphatic heterocycles. The van der Waals surface area contributed by atoms with Crippen LogP contribution in [-0.4, -0.2) is 18.8 Å². The van der Waals surface area contributed by atoms with Crippen molar-refractivity contribution in [2.45, 2.75) is 6.61 Å². The van der Waals surface area contributed by atoms with Gasteiger partial charge in [0.2, 0.25) is 0 Å². The number of hydrogen-bond donors (Lipinski definition) is 0. The predicted octanol–water partition coefficient (Wildman–Crippen LogP) is 5.93. The van der Waals surface area contributed by atoms with E-state index in [4.69, 9.17) is 37.5 Å². The Balaban J connectivity index is 1.56. The Kier molecular flexibility index (Phi) is 6.26. The number of nitrogens with zero attached hydrogens (tertiary/aromatic N) is 1. The molecule has 0 aliphatic carbocycles. The largest absolute Gasteiger partial charge is 0.493 e. The third-order valence-electron chi connectivity index (χ3n) is 4.62. The van der Waals surface area contributed by atoms with Gasteiger partial charge in [-0.05, 0) is 41.5 Å². The van der Waals surface area contributed by atoms with Crippen molar-refractivity contribution in [3.63, 3.8) is 0 Å². The van der Waals surface area contributed by atoms with E-state index < -0.39 is 5.97 Å². The lowest BCUT2D eigenvalue weighted by Gasteiger charge is -2.12. The maximum Gasteiger partial charge on any atom is 0.368 e. The average molecular weight is 454 g/mol. The van der Waals surface area contributed by atoms with E-state index in [-0.39, 0.29) is 0 Å². The van der Waals surface area contributed by atoms with Gasteiger partial charge >= 0.3 is 5.97 Å². The fourth-order valence-electron chi connectivity index (χ4n) is 3.06. The topological polar surface area (TPSA) is 57.1 Å². The number of oxime groups is 1. The Hall–Kier alpha value is -3.28. The lowest BCUT2D eigenvalue weighted by Crippen LogP contribution is -2.06. The second kappa shape index (κ2) is 9.25. The van der Waals surface area contributed by atoms with Crippen LogP contribution in [0.3, 0.4) is 0 Å². The van der Waals surface area contributed by atoms with Crippen molar-refractivity contribution in [3.8, 4) is 11.5 Å². The highest BCUT2D eigenvalue weighted by Gasteiger charge is 2.26. The third-order valence-corrected chi connectivity index (χ3v) is 5.36.